The van der Waals surface area contributed by atoms with E-state index in [9.17, 15) is 17.6 Å². The van der Waals surface area contributed by atoms with E-state index in [4.69, 9.17) is 16.4 Å². The van der Waals surface area contributed by atoms with E-state index in [1.54, 1.807) is 29.2 Å². The molecule has 0 radical (unpaired) electrons. The van der Waals surface area contributed by atoms with Gasteiger partial charge in [-0.25, -0.2) is 4.39 Å². The minimum Gasteiger partial charge on any atom is -0.383 e. The summed E-state index contributed by atoms with van der Waals surface area (Å²) in [6.07, 6.45) is 0.954. The third kappa shape index (κ3) is 3.72. The lowest BCUT2D eigenvalue weighted by atomic mass is 9.81. The second-order valence-corrected chi connectivity index (χ2v) is 9.52. The van der Waals surface area contributed by atoms with Crippen LogP contribution in [0.4, 0.5) is 4.39 Å². The van der Waals surface area contributed by atoms with E-state index in [1.807, 2.05) is 13.8 Å². The minimum absolute atomic E-state index is 0.125. The first-order valence-corrected chi connectivity index (χ1v) is 12.2. The van der Waals surface area contributed by atoms with Gasteiger partial charge in [-0.05, 0) is 77.4 Å². The Labute approximate surface area is 188 Å². The molecule has 30 heavy (non-hydrogen) atoms. The van der Waals surface area contributed by atoms with E-state index in [1.165, 1.54) is 23.1 Å². The largest absolute Gasteiger partial charge is 0.383 e. The molecular weight excluding hydrogens is 495 g/mol. The van der Waals surface area contributed by atoms with Crippen molar-refractivity contribution in [1.82, 2.24) is 9.80 Å². The summed E-state index contributed by atoms with van der Waals surface area (Å²) in [5.41, 5.74) is -0.216. The molecule has 0 N–H and O–H groups in total. The van der Waals surface area contributed by atoms with Crippen LogP contribution in [0, 0.1) is 5.82 Å². The maximum Gasteiger partial charge on any atom is 0.306 e. The fourth-order valence-corrected chi connectivity index (χ4v) is 5.03. The van der Waals surface area contributed by atoms with Crippen LogP contribution in [0.2, 0.25) is 0 Å². The van der Waals surface area contributed by atoms with Crippen molar-refractivity contribution in [2.24, 2.45) is 0 Å². The van der Waals surface area contributed by atoms with Crippen molar-refractivity contribution in [2.75, 3.05) is 19.3 Å². The van der Waals surface area contributed by atoms with Gasteiger partial charge in [-0.3, -0.25) is 9.69 Å². The Balaban J connectivity index is 2.26. The average molecular weight is 515 g/mol. The second kappa shape index (κ2) is 8.24. The number of hydrogen-bond donors (Lipinski definition) is 0. The predicted molar refractivity (Wildman–Crippen MR) is 119 cm³/mol. The molecule has 1 aliphatic heterocycles. The Morgan fingerprint density at radius 2 is 1.70 bits per heavy atom. The number of hydrogen-bond acceptors (Lipinski definition) is 5. The molecule has 0 aromatic heterocycles. The van der Waals surface area contributed by atoms with E-state index in [0.29, 0.717) is 29.3 Å². The zero-order valence-corrected chi connectivity index (χ0v) is 19.8. The molecule has 1 saturated heterocycles. The van der Waals surface area contributed by atoms with Crippen LogP contribution < -0.4 is 4.18 Å². The normalized spacial score (nSPS) is 19.5. The van der Waals surface area contributed by atoms with Gasteiger partial charge >= 0.3 is 10.1 Å². The summed E-state index contributed by atoms with van der Waals surface area (Å²) >= 11 is 8.79. The molecule has 1 amide bonds. The van der Waals surface area contributed by atoms with Crippen molar-refractivity contribution in [1.29, 1.82) is 0 Å². The van der Waals surface area contributed by atoms with Gasteiger partial charge in [0.2, 0.25) is 0 Å². The fraction of sp³-hybridized carbons (Fsp3) is 0.300. The van der Waals surface area contributed by atoms with Crippen LogP contribution in [0.25, 0.3) is 0 Å². The summed E-state index contributed by atoms with van der Waals surface area (Å²) < 4.78 is 41.9. The SMILES string of the molecule is CCN1C(=O)C(c2ccc(OS(C)(=O)=O)cc2)(c2ccc(F)c(Br)c2)N(CC)C1=S. The monoisotopic (exact) mass is 514 g/mol. The lowest BCUT2D eigenvalue weighted by molar-refractivity contribution is -0.131. The zero-order chi connectivity index (χ0) is 22.3. The summed E-state index contributed by atoms with van der Waals surface area (Å²) in [5, 5.41) is 0.377. The van der Waals surface area contributed by atoms with Crippen molar-refractivity contribution >= 4 is 49.3 Å². The van der Waals surface area contributed by atoms with Gasteiger partial charge in [-0.2, -0.15) is 8.42 Å². The van der Waals surface area contributed by atoms with Gasteiger partial charge in [0.05, 0.1) is 10.7 Å². The molecule has 1 aliphatic rings. The standard InChI is InChI=1S/C20H20BrFN2O4S2/c1-4-23-18(25)20(24(5-2)19(23)29,14-8-11-17(22)16(21)12-14)13-6-9-15(10-7-13)28-30(3,26)27/h6-12H,4-5H2,1-3H3. The molecule has 0 aliphatic carbocycles. The number of nitrogens with zero attached hydrogens (tertiary/aromatic N) is 2. The lowest BCUT2D eigenvalue weighted by Gasteiger charge is -2.37. The molecule has 10 heteroatoms. The smallest absolute Gasteiger partial charge is 0.306 e. The van der Waals surface area contributed by atoms with Crippen LogP contribution in [0.1, 0.15) is 25.0 Å². The van der Waals surface area contributed by atoms with Gasteiger partial charge in [-0.15, -0.1) is 0 Å². The molecule has 1 atom stereocenters. The summed E-state index contributed by atoms with van der Waals surface area (Å²) in [7, 11) is -3.69. The van der Waals surface area contributed by atoms with Gasteiger partial charge in [0.25, 0.3) is 5.91 Å². The van der Waals surface area contributed by atoms with Crippen LogP contribution in [0.5, 0.6) is 5.75 Å². The van der Waals surface area contributed by atoms with Gasteiger partial charge in [0.1, 0.15) is 11.6 Å². The molecule has 1 unspecified atom stereocenters. The van der Waals surface area contributed by atoms with Gasteiger partial charge < -0.3 is 9.08 Å². The first-order chi connectivity index (χ1) is 14.1. The lowest BCUT2D eigenvalue weighted by Crippen LogP contribution is -2.48. The molecule has 160 valence electrons. The van der Waals surface area contributed by atoms with Crippen molar-refractivity contribution < 1.29 is 21.8 Å². The first-order valence-electron chi connectivity index (χ1n) is 9.15. The summed E-state index contributed by atoms with van der Waals surface area (Å²) in [6, 6.07) is 10.6. The molecule has 2 aromatic rings. The number of likely N-dealkylation sites (N-methyl/N-ethyl adjacent to an activating group) is 2. The summed E-state index contributed by atoms with van der Waals surface area (Å²) in [6.45, 7) is 4.52. The van der Waals surface area contributed by atoms with Crippen LogP contribution >= 0.6 is 28.1 Å². The number of carbonyl (C=O) groups excluding carboxylic acids is 1. The highest BCUT2D eigenvalue weighted by Crippen LogP contribution is 2.44. The topological polar surface area (TPSA) is 66.9 Å². The molecule has 0 spiro atoms. The zero-order valence-electron chi connectivity index (χ0n) is 16.6. The Morgan fingerprint density at radius 3 is 2.20 bits per heavy atom. The number of amides is 1. The van der Waals surface area contributed by atoms with Gasteiger partial charge in [0.15, 0.2) is 10.7 Å². The Morgan fingerprint density at radius 1 is 1.10 bits per heavy atom. The molecule has 6 nitrogen and oxygen atoms in total. The molecule has 2 aromatic carbocycles. The van der Waals surface area contributed by atoms with Gasteiger partial charge in [-0.1, -0.05) is 18.2 Å². The van der Waals surface area contributed by atoms with Crippen LogP contribution in [0.15, 0.2) is 46.9 Å². The maximum atomic E-state index is 14.0. The maximum absolute atomic E-state index is 14.0. The molecule has 0 bridgehead atoms. The fourth-order valence-electron chi connectivity index (χ4n) is 3.71. The number of benzene rings is 2. The quantitative estimate of drug-likeness (QED) is 0.433. The number of thiocarbonyl (C=S) groups is 1. The van der Waals surface area contributed by atoms with Crippen LogP contribution in [-0.2, 0) is 20.5 Å². The first kappa shape index (κ1) is 22.6. The Hall–Kier alpha value is -2.04. The molecule has 1 heterocycles. The van der Waals surface area contributed by atoms with E-state index in [2.05, 4.69) is 15.9 Å². The van der Waals surface area contributed by atoms with E-state index in [-0.39, 0.29) is 16.1 Å². The van der Waals surface area contributed by atoms with E-state index < -0.39 is 21.5 Å². The molecule has 1 fully saturated rings. The van der Waals surface area contributed by atoms with Crippen molar-refractivity contribution in [3.8, 4) is 5.75 Å². The molecule has 3 rings (SSSR count). The minimum atomic E-state index is -3.69. The van der Waals surface area contributed by atoms with Gasteiger partial charge in [0, 0.05) is 13.1 Å². The van der Waals surface area contributed by atoms with Crippen molar-refractivity contribution in [3.05, 3.63) is 63.9 Å². The summed E-state index contributed by atoms with van der Waals surface area (Å²) in [4.78, 5) is 17.0. The third-order valence-corrected chi connectivity index (χ3v) is 6.45. The second-order valence-electron chi connectivity index (χ2n) is 6.73. The van der Waals surface area contributed by atoms with Crippen molar-refractivity contribution in [3.63, 3.8) is 0 Å². The van der Waals surface area contributed by atoms with E-state index >= 15 is 0 Å². The number of halogens is 2. The third-order valence-electron chi connectivity index (χ3n) is 4.91. The predicted octanol–water partition coefficient (Wildman–Crippen LogP) is 3.64. The highest BCUT2D eigenvalue weighted by molar-refractivity contribution is 9.10. The van der Waals surface area contributed by atoms with E-state index in [0.717, 1.165) is 6.26 Å². The highest BCUT2D eigenvalue weighted by Gasteiger charge is 2.56. The Bertz CT molecular complexity index is 1110. The number of carbonyl (C=O) groups is 1. The molecular formula is C20H20BrFN2O4S2. The highest BCUT2D eigenvalue weighted by atomic mass is 79.9. The Kier molecular flexibility index (Phi) is 6.22. The van der Waals surface area contributed by atoms with Crippen LogP contribution in [0.3, 0.4) is 0 Å². The number of rotatable bonds is 6. The van der Waals surface area contributed by atoms with Crippen molar-refractivity contribution in [2.45, 2.75) is 19.4 Å². The summed E-state index contributed by atoms with van der Waals surface area (Å²) in [5.74, 6) is -0.582. The average Bonchev–Trinajstić information content (AvgIpc) is 2.89. The van der Waals surface area contributed by atoms with Crippen LogP contribution in [-0.4, -0.2) is 48.6 Å². The molecule has 0 saturated carbocycles.